The van der Waals surface area contributed by atoms with Crippen LogP contribution in [0.15, 0.2) is 40.8 Å². The first-order chi connectivity index (χ1) is 11.4. The summed E-state index contributed by atoms with van der Waals surface area (Å²) in [5.74, 6) is -0.269. The molecular formula is C18H16FN3OS. The Morgan fingerprint density at radius 3 is 2.67 bits per heavy atom. The van der Waals surface area contributed by atoms with Crippen LogP contribution in [0.5, 0.6) is 0 Å². The number of anilines is 2. The number of aromatic nitrogens is 2. The van der Waals surface area contributed by atoms with E-state index in [2.05, 4.69) is 42.1 Å². The van der Waals surface area contributed by atoms with E-state index in [4.69, 9.17) is 4.42 Å². The zero-order valence-electron chi connectivity index (χ0n) is 13.6. The Kier molecular flexibility index (Phi) is 3.31. The topological polar surface area (TPSA) is 51.0 Å². The second kappa shape index (κ2) is 5.27. The molecule has 0 bridgehead atoms. The van der Waals surface area contributed by atoms with E-state index in [9.17, 15) is 4.39 Å². The highest BCUT2D eigenvalue weighted by Gasteiger charge is 2.16. The first kappa shape index (κ1) is 15.1. The number of rotatable bonds is 2. The fourth-order valence-corrected chi connectivity index (χ4v) is 3.37. The number of fused-ring (bicyclic) bond motifs is 2. The summed E-state index contributed by atoms with van der Waals surface area (Å²) in [7, 11) is 0. The van der Waals surface area contributed by atoms with E-state index in [-0.39, 0.29) is 11.2 Å². The van der Waals surface area contributed by atoms with Crippen LogP contribution in [0.3, 0.4) is 0 Å². The van der Waals surface area contributed by atoms with Crippen molar-refractivity contribution >= 4 is 43.8 Å². The molecule has 24 heavy (non-hydrogen) atoms. The predicted molar refractivity (Wildman–Crippen MR) is 95.6 cm³/mol. The van der Waals surface area contributed by atoms with Gasteiger partial charge in [-0.05, 0) is 41.3 Å². The van der Waals surface area contributed by atoms with Crippen LogP contribution in [0.25, 0.3) is 21.3 Å². The van der Waals surface area contributed by atoms with E-state index in [1.165, 1.54) is 29.0 Å². The Hall–Kier alpha value is -2.47. The van der Waals surface area contributed by atoms with Crippen molar-refractivity contribution in [1.29, 1.82) is 0 Å². The normalized spacial score (nSPS) is 12.2. The minimum Gasteiger partial charge on any atom is -0.423 e. The lowest BCUT2D eigenvalue weighted by atomic mass is 9.87. The van der Waals surface area contributed by atoms with E-state index in [0.717, 1.165) is 21.3 Å². The van der Waals surface area contributed by atoms with Crippen molar-refractivity contribution in [3.8, 4) is 0 Å². The molecule has 0 aliphatic carbocycles. The molecule has 0 aliphatic rings. The summed E-state index contributed by atoms with van der Waals surface area (Å²) < 4.78 is 19.8. The Balaban J connectivity index is 1.68. The smallest absolute Gasteiger partial charge is 0.302 e. The van der Waals surface area contributed by atoms with Gasteiger partial charge in [0.1, 0.15) is 11.3 Å². The average molecular weight is 341 g/mol. The van der Waals surface area contributed by atoms with Gasteiger partial charge in [0, 0.05) is 0 Å². The minimum absolute atomic E-state index is 0.0534. The number of nitrogens with one attached hydrogen (secondary N) is 1. The molecule has 2 aromatic heterocycles. The molecule has 4 nitrogen and oxygen atoms in total. The highest BCUT2D eigenvalue weighted by molar-refractivity contribution is 7.22. The lowest BCUT2D eigenvalue weighted by Crippen LogP contribution is -2.10. The molecule has 2 heterocycles. The van der Waals surface area contributed by atoms with Gasteiger partial charge in [0.15, 0.2) is 10.7 Å². The summed E-state index contributed by atoms with van der Waals surface area (Å²) in [6.07, 6.45) is 0. The van der Waals surface area contributed by atoms with Crippen molar-refractivity contribution < 1.29 is 8.81 Å². The number of hydrogen-bond donors (Lipinski definition) is 1. The molecule has 4 aromatic rings. The second-order valence-electron chi connectivity index (χ2n) is 6.71. The fourth-order valence-electron chi connectivity index (χ4n) is 2.49. The molecule has 0 unspecified atom stereocenters. The van der Waals surface area contributed by atoms with Crippen LogP contribution in [0.1, 0.15) is 26.3 Å². The zero-order chi connectivity index (χ0) is 16.9. The van der Waals surface area contributed by atoms with Gasteiger partial charge in [0.2, 0.25) is 0 Å². The predicted octanol–water partition coefficient (Wildman–Crippen LogP) is 5.62. The summed E-state index contributed by atoms with van der Waals surface area (Å²) in [5, 5.41) is 3.69. The van der Waals surface area contributed by atoms with Crippen molar-refractivity contribution in [2.45, 2.75) is 26.2 Å². The summed E-state index contributed by atoms with van der Waals surface area (Å²) >= 11 is 1.36. The van der Waals surface area contributed by atoms with Crippen LogP contribution in [0.2, 0.25) is 0 Å². The molecule has 0 fully saturated rings. The first-order valence-corrected chi connectivity index (χ1v) is 8.44. The van der Waals surface area contributed by atoms with Crippen molar-refractivity contribution in [2.75, 3.05) is 5.32 Å². The number of hydrogen-bond acceptors (Lipinski definition) is 5. The molecule has 0 saturated heterocycles. The van der Waals surface area contributed by atoms with Crippen LogP contribution in [-0.2, 0) is 5.41 Å². The van der Waals surface area contributed by atoms with Crippen LogP contribution >= 0.6 is 11.3 Å². The first-order valence-electron chi connectivity index (χ1n) is 7.63. The highest BCUT2D eigenvalue weighted by atomic mass is 32.1. The molecule has 1 N–H and O–H groups in total. The molecule has 122 valence electrons. The Labute approximate surface area is 142 Å². The van der Waals surface area contributed by atoms with Crippen LogP contribution in [0, 0.1) is 5.82 Å². The number of thiazole rings is 1. The molecule has 0 amide bonds. The number of nitrogens with zero attached hydrogens (tertiary/aromatic N) is 2. The average Bonchev–Trinajstić information content (AvgIpc) is 3.07. The maximum atomic E-state index is 13.3. The quantitative estimate of drug-likeness (QED) is 0.514. The van der Waals surface area contributed by atoms with Gasteiger partial charge in [-0.15, -0.1) is 0 Å². The van der Waals surface area contributed by atoms with E-state index in [0.29, 0.717) is 11.1 Å². The zero-order valence-corrected chi connectivity index (χ0v) is 14.4. The summed E-state index contributed by atoms with van der Waals surface area (Å²) in [6.45, 7) is 6.48. The van der Waals surface area contributed by atoms with Gasteiger partial charge in [-0.2, -0.15) is 4.98 Å². The van der Waals surface area contributed by atoms with Crippen molar-refractivity contribution in [2.24, 2.45) is 0 Å². The molecule has 6 heteroatoms. The molecule has 0 atom stereocenters. The van der Waals surface area contributed by atoms with Crippen LogP contribution in [0.4, 0.5) is 15.5 Å². The van der Waals surface area contributed by atoms with Gasteiger partial charge in [0.05, 0.1) is 10.2 Å². The van der Waals surface area contributed by atoms with E-state index in [1.54, 1.807) is 6.07 Å². The van der Waals surface area contributed by atoms with E-state index < -0.39 is 0 Å². The van der Waals surface area contributed by atoms with Gasteiger partial charge < -0.3 is 4.42 Å². The fraction of sp³-hybridized carbons (Fsp3) is 0.222. The second-order valence-corrected chi connectivity index (χ2v) is 7.74. The largest absolute Gasteiger partial charge is 0.423 e. The van der Waals surface area contributed by atoms with Crippen molar-refractivity contribution in [3.05, 3.63) is 47.8 Å². The third kappa shape index (κ3) is 2.73. The third-order valence-electron chi connectivity index (χ3n) is 3.82. The molecule has 0 radical (unpaired) electrons. The summed E-state index contributed by atoms with van der Waals surface area (Å²) in [6, 6.07) is 10.9. The summed E-state index contributed by atoms with van der Waals surface area (Å²) in [4.78, 5) is 8.90. The maximum Gasteiger partial charge on any atom is 0.302 e. The molecule has 0 aliphatic heterocycles. The van der Waals surface area contributed by atoms with Crippen molar-refractivity contribution in [3.63, 3.8) is 0 Å². The molecule has 0 saturated carbocycles. The summed E-state index contributed by atoms with van der Waals surface area (Å²) in [5.41, 5.74) is 3.52. The Morgan fingerprint density at radius 2 is 1.88 bits per heavy atom. The van der Waals surface area contributed by atoms with Crippen LogP contribution < -0.4 is 5.32 Å². The minimum atomic E-state index is -0.269. The van der Waals surface area contributed by atoms with Gasteiger partial charge >= 0.3 is 6.01 Å². The highest BCUT2D eigenvalue weighted by Crippen LogP contribution is 2.31. The molecule has 4 rings (SSSR count). The molecular weight excluding hydrogens is 325 g/mol. The standard InChI is InChI=1S/C18H16FN3OS/c1-18(2,3)10-4-7-14-13(8-10)20-16(23-14)22-17-21-12-6-5-11(19)9-15(12)24-17/h4-9H,1-3H3,(H,20,21,22). The third-order valence-corrected chi connectivity index (χ3v) is 4.75. The number of halogens is 1. The number of oxazole rings is 1. The van der Waals surface area contributed by atoms with Crippen LogP contribution in [-0.4, -0.2) is 9.97 Å². The van der Waals surface area contributed by atoms with E-state index >= 15 is 0 Å². The van der Waals surface area contributed by atoms with Gasteiger partial charge in [0.25, 0.3) is 0 Å². The Bertz CT molecular complexity index is 1050. The Morgan fingerprint density at radius 1 is 1.04 bits per heavy atom. The van der Waals surface area contributed by atoms with Gasteiger partial charge in [-0.1, -0.05) is 38.2 Å². The van der Waals surface area contributed by atoms with E-state index in [1.807, 2.05) is 12.1 Å². The monoisotopic (exact) mass is 341 g/mol. The lowest BCUT2D eigenvalue weighted by molar-refractivity contribution is 0.590. The molecule has 0 spiro atoms. The maximum absolute atomic E-state index is 13.3. The van der Waals surface area contributed by atoms with Crippen molar-refractivity contribution in [1.82, 2.24) is 9.97 Å². The molecule has 2 aromatic carbocycles. The van der Waals surface area contributed by atoms with Gasteiger partial charge in [-0.3, -0.25) is 5.32 Å². The SMILES string of the molecule is CC(C)(C)c1ccc2oc(Nc3nc4ccc(F)cc4s3)nc2c1. The lowest BCUT2D eigenvalue weighted by Gasteiger charge is -2.18. The number of benzene rings is 2. The van der Waals surface area contributed by atoms with Gasteiger partial charge in [-0.25, -0.2) is 9.37 Å².